The minimum atomic E-state index is -0.529. The molecule has 7 heteroatoms. The molecular weight excluding hydrogens is 422 g/mol. The van der Waals surface area contributed by atoms with Crippen molar-refractivity contribution >= 4 is 28.1 Å². The number of amides is 1. The van der Waals surface area contributed by atoms with Crippen molar-refractivity contribution in [1.82, 2.24) is 10.3 Å². The number of furan rings is 1. The molecule has 2 heterocycles. The van der Waals surface area contributed by atoms with E-state index in [0.717, 1.165) is 16.9 Å². The van der Waals surface area contributed by atoms with Crippen LogP contribution in [0.1, 0.15) is 18.2 Å². The van der Waals surface area contributed by atoms with Crippen molar-refractivity contribution < 1.29 is 13.9 Å². The molecule has 4 aromatic rings. The van der Waals surface area contributed by atoms with Crippen LogP contribution in [0.3, 0.4) is 0 Å². The number of hydrogen-bond donors (Lipinski definition) is 1. The van der Waals surface area contributed by atoms with Crippen LogP contribution in [0.15, 0.2) is 76.7 Å². The fourth-order valence-electron chi connectivity index (χ4n) is 3.39. The highest BCUT2D eigenvalue weighted by atomic mass is 32.1. The number of anilines is 2. The summed E-state index contributed by atoms with van der Waals surface area (Å²) in [6.07, 6.45) is 1.59. The van der Waals surface area contributed by atoms with Crippen molar-refractivity contribution in [3.63, 3.8) is 0 Å². The average Bonchev–Trinajstić information content (AvgIpc) is 3.51. The van der Waals surface area contributed by atoms with E-state index >= 15 is 0 Å². The minimum absolute atomic E-state index is 0.139. The number of para-hydroxylation sites is 2. The Labute approximate surface area is 191 Å². The van der Waals surface area contributed by atoms with Crippen LogP contribution in [0.25, 0.3) is 11.3 Å². The molecule has 6 nitrogen and oxygen atoms in total. The molecule has 2 aromatic carbocycles. The molecule has 4 rings (SSSR count). The first kappa shape index (κ1) is 21.6. The Balaban J connectivity index is 1.66. The molecule has 0 bridgehead atoms. The lowest BCUT2D eigenvalue weighted by atomic mass is 10.1. The molecule has 32 heavy (non-hydrogen) atoms. The Bertz CT molecular complexity index is 1170. The molecule has 1 atom stereocenters. The van der Waals surface area contributed by atoms with Crippen LogP contribution < -0.4 is 15.0 Å². The Morgan fingerprint density at radius 2 is 1.94 bits per heavy atom. The second kappa shape index (κ2) is 9.70. The fourth-order valence-corrected chi connectivity index (χ4v) is 4.32. The molecule has 0 aliphatic carbocycles. The molecule has 0 unspecified atom stereocenters. The number of hydrogen-bond acceptors (Lipinski definition) is 6. The number of nitrogens with one attached hydrogen (secondary N) is 1. The Morgan fingerprint density at radius 1 is 1.16 bits per heavy atom. The van der Waals surface area contributed by atoms with E-state index in [4.69, 9.17) is 14.1 Å². The van der Waals surface area contributed by atoms with Gasteiger partial charge in [-0.1, -0.05) is 42.0 Å². The summed E-state index contributed by atoms with van der Waals surface area (Å²) in [6.45, 7) is 4.24. The minimum Gasteiger partial charge on any atom is -0.495 e. The highest BCUT2D eigenvalue weighted by molar-refractivity contribution is 7.14. The third-order valence-corrected chi connectivity index (χ3v) is 6.01. The molecule has 1 N–H and O–H groups in total. The van der Waals surface area contributed by atoms with Crippen molar-refractivity contribution in [2.75, 3.05) is 12.0 Å². The second-order valence-electron chi connectivity index (χ2n) is 7.40. The zero-order valence-corrected chi connectivity index (χ0v) is 19.1. The van der Waals surface area contributed by atoms with Gasteiger partial charge in [0.2, 0.25) is 5.91 Å². The van der Waals surface area contributed by atoms with Crippen molar-refractivity contribution in [2.45, 2.75) is 26.4 Å². The van der Waals surface area contributed by atoms with Gasteiger partial charge in [0.05, 0.1) is 31.3 Å². The summed E-state index contributed by atoms with van der Waals surface area (Å²) in [6, 6.07) is 19.0. The lowest BCUT2D eigenvalue weighted by Gasteiger charge is -2.29. The molecule has 0 spiro atoms. The maximum Gasteiger partial charge on any atom is 0.243 e. The number of ether oxygens (including phenoxy) is 1. The van der Waals surface area contributed by atoms with Crippen LogP contribution in [0.4, 0.5) is 10.8 Å². The summed E-state index contributed by atoms with van der Waals surface area (Å²) < 4.78 is 10.9. The van der Waals surface area contributed by atoms with Gasteiger partial charge in [-0.3, -0.25) is 4.79 Å². The van der Waals surface area contributed by atoms with Gasteiger partial charge >= 0.3 is 0 Å². The van der Waals surface area contributed by atoms with Gasteiger partial charge in [0.25, 0.3) is 0 Å². The SMILES string of the molecule is COc1ccccc1N(c1nc(-c2ccc(C)cc2)cs1)[C@H](C)C(=O)NCc1ccco1. The monoisotopic (exact) mass is 447 g/mol. The van der Waals surface area contributed by atoms with Crippen LogP contribution in [-0.2, 0) is 11.3 Å². The Hall–Kier alpha value is -3.58. The van der Waals surface area contributed by atoms with E-state index in [9.17, 15) is 4.79 Å². The van der Waals surface area contributed by atoms with E-state index in [1.807, 2.05) is 47.5 Å². The largest absolute Gasteiger partial charge is 0.495 e. The lowest BCUT2D eigenvalue weighted by Crippen LogP contribution is -2.42. The van der Waals surface area contributed by atoms with Crippen molar-refractivity contribution in [2.24, 2.45) is 0 Å². The summed E-state index contributed by atoms with van der Waals surface area (Å²) in [5.74, 6) is 1.23. The third kappa shape index (κ3) is 4.68. The Morgan fingerprint density at radius 3 is 2.66 bits per heavy atom. The second-order valence-corrected chi connectivity index (χ2v) is 8.23. The number of aromatic nitrogens is 1. The van der Waals surface area contributed by atoms with Crippen LogP contribution in [0.5, 0.6) is 5.75 Å². The number of nitrogens with zero attached hydrogens (tertiary/aromatic N) is 2. The van der Waals surface area contributed by atoms with E-state index in [-0.39, 0.29) is 5.91 Å². The summed E-state index contributed by atoms with van der Waals surface area (Å²) in [4.78, 5) is 19.9. The van der Waals surface area contributed by atoms with E-state index in [1.165, 1.54) is 16.9 Å². The Kier molecular flexibility index (Phi) is 6.56. The van der Waals surface area contributed by atoms with Gasteiger partial charge in [0, 0.05) is 10.9 Å². The number of rotatable bonds is 8. The van der Waals surface area contributed by atoms with Crippen LogP contribution in [0.2, 0.25) is 0 Å². The first-order valence-electron chi connectivity index (χ1n) is 10.3. The first-order valence-corrected chi connectivity index (χ1v) is 11.2. The number of carbonyl (C=O) groups excluding carboxylic acids is 1. The number of benzene rings is 2. The van der Waals surface area contributed by atoms with Gasteiger partial charge in [0.15, 0.2) is 5.13 Å². The lowest BCUT2D eigenvalue weighted by molar-refractivity contribution is -0.122. The molecule has 0 saturated carbocycles. The molecule has 0 saturated heterocycles. The number of thiazole rings is 1. The smallest absolute Gasteiger partial charge is 0.243 e. The van der Waals surface area contributed by atoms with Crippen molar-refractivity contribution in [3.8, 4) is 17.0 Å². The fraction of sp³-hybridized carbons (Fsp3) is 0.200. The molecule has 1 amide bonds. The highest BCUT2D eigenvalue weighted by Crippen LogP contribution is 2.38. The van der Waals surface area contributed by atoms with Gasteiger partial charge in [-0.25, -0.2) is 4.98 Å². The first-order chi connectivity index (χ1) is 15.6. The molecular formula is C25H25N3O3S. The summed E-state index contributed by atoms with van der Waals surface area (Å²) in [5, 5.41) is 5.67. The molecule has 2 aromatic heterocycles. The molecule has 0 fully saturated rings. The maximum atomic E-state index is 13.1. The predicted octanol–water partition coefficient (Wildman–Crippen LogP) is 5.56. The van der Waals surface area contributed by atoms with Gasteiger partial charge in [-0.15, -0.1) is 11.3 Å². The van der Waals surface area contributed by atoms with E-state index < -0.39 is 6.04 Å². The topological polar surface area (TPSA) is 67.6 Å². The van der Waals surface area contributed by atoms with E-state index in [0.29, 0.717) is 23.2 Å². The summed E-state index contributed by atoms with van der Waals surface area (Å²) in [5.41, 5.74) is 3.88. The number of carbonyl (C=O) groups is 1. The molecule has 0 radical (unpaired) electrons. The van der Waals surface area contributed by atoms with Crippen LogP contribution in [0, 0.1) is 6.92 Å². The summed E-state index contributed by atoms with van der Waals surface area (Å²) in [7, 11) is 1.62. The van der Waals surface area contributed by atoms with Gasteiger partial charge in [-0.2, -0.15) is 0 Å². The van der Waals surface area contributed by atoms with Crippen molar-refractivity contribution in [3.05, 3.63) is 83.6 Å². The van der Waals surface area contributed by atoms with E-state index in [1.54, 1.807) is 19.4 Å². The molecule has 164 valence electrons. The highest BCUT2D eigenvalue weighted by Gasteiger charge is 2.28. The quantitative estimate of drug-likeness (QED) is 0.383. The van der Waals surface area contributed by atoms with E-state index in [2.05, 4.69) is 36.5 Å². The van der Waals surface area contributed by atoms with Crippen LogP contribution >= 0.6 is 11.3 Å². The zero-order valence-electron chi connectivity index (χ0n) is 18.2. The normalized spacial score (nSPS) is 11.7. The molecule has 0 aliphatic rings. The van der Waals surface area contributed by atoms with Crippen molar-refractivity contribution in [1.29, 1.82) is 0 Å². The predicted molar refractivity (Wildman–Crippen MR) is 127 cm³/mol. The molecule has 0 aliphatic heterocycles. The van der Waals surface area contributed by atoms with Gasteiger partial charge in [0.1, 0.15) is 17.6 Å². The summed E-state index contributed by atoms with van der Waals surface area (Å²) >= 11 is 1.49. The van der Waals surface area contributed by atoms with Gasteiger partial charge in [-0.05, 0) is 38.1 Å². The number of aryl methyl sites for hydroxylation is 1. The number of methoxy groups -OCH3 is 1. The maximum absolute atomic E-state index is 13.1. The third-order valence-electron chi connectivity index (χ3n) is 5.17. The zero-order chi connectivity index (χ0) is 22.5. The van der Waals surface area contributed by atoms with Gasteiger partial charge < -0.3 is 19.4 Å². The van der Waals surface area contributed by atoms with Crippen LogP contribution in [-0.4, -0.2) is 24.0 Å². The standard InChI is InChI=1S/C25H25N3O3S/c1-17-10-12-19(13-11-17)21-16-32-25(27-21)28(22-8-4-5-9-23(22)30-3)18(2)24(29)26-15-20-7-6-14-31-20/h4-14,16,18H,15H2,1-3H3,(H,26,29)/t18-/m1/s1. The average molecular weight is 448 g/mol.